The molecule has 2 rings (SSSR count). The number of aliphatic imine (C=N–C) groups is 1. The van der Waals surface area contributed by atoms with Crippen molar-refractivity contribution in [3.05, 3.63) is 29.3 Å². The summed E-state index contributed by atoms with van der Waals surface area (Å²) >= 11 is 0. The standard InChI is InChI=1S/C14H17NO2/c1-10(2)12-5-4-11(8-13(12)17-3)14(6-7-14)15-9-16/h4-5,8,10H,6-7H2,1-3H3. The van der Waals surface area contributed by atoms with Gasteiger partial charge in [-0.15, -0.1) is 0 Å². The highest BCUT2D eigenvalue weighted by atomic mass is 16.5. The summed E-state index contributed by atoms with van der Waals surface area (Å²) in [5.74, 6) is 1.30. The molecule has 1 aromatic rings. The van der Waals surface area contributed by atoms with E-state index in [1.165, 1.54) is 5.56 Å². The number of rotatable bonds is 4. The van der Waals surface area contributed by atoms with E-state index in [-0.39, 0.29) is 5.54 Å². The summed E-state index contributed by atoms with van der Waals surface area (Å²) in [6, 6.07) is 6.12. The summed E-state index contributed by atoms with van der Waals surface area (Å²) in [4.78, 5) is 14.4. The number of ether oxygens (including phenoxy) is 1. The third-order valence-electron chi connectivity index (χ3n) is 3.38. The molecule has 0 unspecified atom stereocenters. The van der Waals surface area contributed by atoms with Crippen LogP contribution in [0.15, 0.2) is 23.2 Å². The molecular weight excluding hydrogens is 214 g/mol. The Morgan fingerprint density at radius 1 is 1.41 bits per heavy atom. The van der Waals surface area contributed by atoms with Gasteiger partial charge in [0, 0.05) is 0 Å². The smallest absolute Gasteiger partial charge is 0.235 e. The molecule has 0 aromatic heterocycles. The van der Waals surface area contributed by atoms with Gasteiger partial charge in [0.05, 0.1) is 12.6 Å². The molecule has 0 aliphatic heterocycles. The molecule has 0 atom stereocenters. The fraction of sp³-hybridized carbons (Fsp3) is 0.500. The molecule has 0 radical (unpaired) electrons. The van der Waals surface area contributed by atoms with Crippen LogP contribution in [0, 0.1) is 0 Å². The van der Waals surface area contributed by atoms with Crippen LogP contribution in [0.25, 0.3) is 0 Å². The Bertz CT molecular complexity index is 469. The highest BCUT2D eigenvalue weighted by molar-refractivity contribution is 5.46. The maximum Gasteiger partial charge on any atom is 0.235 e. The lowest BCUT2D eigenvalue weighted by Gasteiger charge is -2.15. The van der Waals surface area contributed by atoms with Gasteiger partial charge >= 0.3 is 0 Å². The van der Waals surface area contributed by atoms with Gasteiger partial charge < -0.3 is 4.74 Å². The highest BCUT2D eigenvalue weighted by Crippen LogP contribution is 2.50. The molecule has 0 amide bonds. The lowest BCUT2D eigenvalue weighted by atomic mass is 9.97. The Morgan fingerprint density at radius 2 is 2.12 bits per heavy atom. The van der Waals surface area contributed by atoms with Gasteiger partial charge in [-0.2, -0.15) is 4.99 Å². The summed E-state index contributed by atoms with van der Waals surface area (Å²) in [7, 11) is 1.67. The summed E-state index contributed by atoms with van der Waals surface area (Å²) in [5.41, 5.74) is 1.93. The van der Waals surface area contributed by atoms with Crippen molar-refractivity contribution in [2.75, 3.05) is 7.11 Å². The Balaban J connectivity index is 2.42. The molecule has 0 bridgehead atoms. The van der Waals surface area contributed by atoms with E-state index in [0.717, 1.165) is 24.2 Å². The molecule has 0 N–H and O–H groups in total. The van der Waals surface area contributed by atoms with Crippen molar-refractivity contribution < 1.29 is 9.53 Å². The zero-order chi connectivity index (χ0) is 12.5. The van der Waals surface area contributed by atoms with Crippen LogP contribution in [-0.2, 0) is 10.3 Å². The van der Waals surface area contributed by atoms with Crippen LogP contribution < -0.4 is 4.74 Å². The first-order valence-electron chi connectivity index (χ1n) is 5.90. The van der Waals surface area contributed by atoms with Crippen molar-refractivity contribution in [3.8, 4) is 5.75 Å². The first kappa shape index (κ1) is 11.9. The van der Waals surface area contributed by atoms with Crippen molar-refractivity contribution in [1.29, 1.82) is 0 Å². The molecule has 3 nitrogen and oxygen atoms in total. The minimum Gasteiger partial charge on any atom is -0.496 e. The highest BCUT2D eigenvalue weighted by Gasteiger charge is 2.45. The van der Waals surface area contributed by atoms with E-state index < -0.39 is 0 Å². The monoisotopic (exact) mass is 231 g/mol. The molecule has 1 aromatic carbocycles. The molecule has 1 saturated carbocycles. The third kappa shape index (κ3) is 2.11. The predicted molar refractivity (Wildman–Crippen MR) is 66.1 cm³/mol. The van der Waals surface area contributed by atoms with E-state index in [9.17, 15) is 4.79 Å². The predicted octanol–water partition coefficient (Wildman–Crippen LogP) is 3.14. The Morgan fingerprint density at radius 3 is 2.59 bits per heavy atom. The van der Waals surface area contributed by atoms with Crippen molar-refractivity contribution in [2.45, 2.75) is 38.1 Å². The SMILES string of the molecule is COc1cc(C2(N=C=O)CC2)ccc1C(C)C. The maximum atomic E-state index is 10.4. The molecule has 1 aliphatic rings. The number of nitrogens with zero attached hydrogens (tertiary/aromatic N) is 1. The van der Waals surface area contributed by atoms with Crippen molar-refractivity contribution in [2.24, 2.45) is 4.99 Å². The average Bonchev–Trinajstić information content (AvgIpc) is 3.09. The van der Waals surface area contributed by atoms with Crippen molar-refractivity contribution >= 4 is 6.08 Å². The van der Waals surface area contributed by atoms with E-state index in [1.54, 1.807) is 13.2 Å². The van der Waals surface area contributed by atoms with Gasteiger partial charge in [-0.1, -0.05) is 26.0 Å². The molecule has 1 aliphatic carbocycles. The second-order valence-electron chi connectivity index (χ2n) is 4.85. The average molecular weight is 231 g/mol. The summed E-state index contributed by atoms with van der Waals surface area (Å²) in [6.45, 7) is 4.27. The quantitative estimate of drug-likeness (QED) is 0.589. The molecule has 90 valence electrons. The number of carbonyl (C=O) groups excluding carboxylic acids is 1. The van der Waals surface area contributed by atoms with Crippen LogP contribution in [0.3, 0.4) is 0 Å². The molecule has 0 heterocycles. The van der Waals surface area contributed by atoms with Gasteiger partial charge in [0.1, 0.15) is 5.75 Å². The zero-order valence-corrected chi connectivity index (χ0v) is 10.5. The van der Waals surface area contributed by atoms with Crippen molar-refractivity contribution in [3.63, 3.8) is 0 Å². The molecular formula is C14H17NO2. The lowest BCUT2D eigenvalue weighted by Crippen LogP contribution is -2.04. The number of methoxy groups -OCH3 is 1. The second kappa shape index (κ2) is 4.34. The molecule has 17 heavy (non-hydrogen) atoms. The van der Waals surface area contributed by atoms with Crippen LogP contribution in [0.4, 0.5) is 0 Å². The van der Waals surface area contributed by atoms with Gasteiger partial charge in [0.15, 0.2) is 0 Å². The van der Waals surface area contributed by atoms with Crippen LogP contribution in [-0.4, -0.2) is 13.2 Å². The minimum atomic E-state index is -0.315. The fourth-order valence-electron chi connectivity index (χ4n) is 2.15. The number of hydrogen-bond acceptors (Lipinski definition) is 3. The van der Waals surface area contributed by atoms with E-state index in [0.29, 0.717) is 5.92 Å². The van der Waals surface area contributed by atoms with Crippen LogP contribution in [0.2, 0.25) is 0 Å². The summed E-state index contributed by atoms with van der Waals surface area (Å²) in [6.07, 6.45) is 3.52. The molecule has 0 spiro atoms. The fourth-order valence-corrected chi connectivity index (χ4v) is 2.15. The van der Waals surface area contributed by atoms with Crippen LogP contribution in [0.1, 0.15) is 43.7 Å². The Labute approximate surface area is 102 Å². The van der Waals surface area contributed by atoms with Crippen molar-refractivity contribution in [1.82, 2.24) is 0 Å². The van der Waals surface area contributed by atoms with Gasteiger partial charge in [-0.25, -0.2) is 4.79 Å². The van der Waals surface area contributed by atoms with Crippen LogP contribution in [0.5, 0.6) is 5.75 Å². The normalized spacial score (nSPS) is 16.5. The Kier molecular flexibility index (Phi) is 3.03. The first-order chi connectivity index (χ1) is 8.13. The largest absolute Gasteiger partial charge is 0.496 e. The minimum absolute atomic E-state index is 0.315. The zero-order valence-electron chi connectivity index (χ0n) is 10.5. The number of benzene rings is 1. The second-order valence-corrected chi connectivity index (χ2v) is 4.85. The topological polar surface area (TPSA) is 38.7 Å². The van der Waals surface area contributed by atoms with Gasteiger partial charge in [0.2, 0.25) is 6.08 Å². The van der Waals surface area contributed by atoms with Gasteiger partial charge in [0.25, 0.3) is 0 Å². The summed E-state index contributed by atoms with van der Waals surface area (Å²) in [5, 5.41) is 0. The first-order valence-corrected chi connectivity index (χ1v) is 5.90. The van der Waals surface area contributed by atoms with E-state index in [2.05, 4.69) is 24.9 Å². The van der Waals surface area contributed by atoms with E-state index in [4.69, 9.17) is 4.74 Å². The number of isocyanates is 1. The summed E-state index contributed by atoms with van der Waals surface area (Å²) < 4.78 is 5.41. The third-order valence-corrected chi connectivity index (χ3v) is 3.38. The number of hydrogen-bond donors (Lipinski definition) is 0. The maximum absolute atomic E-state index is 10.4. The van der Waals surface area contributed by atoms with Crippen LogP contribution >= 0.6 is 0 Å². The van der Waals surface area contributed by atoms with E-state index in [1.807, 2.05) is 12.1 Å². The van der Waals surface area contributed by atoms with Gasteiger partial charge in [-0.3, -0.25) is 0 Å². The van der Waals surface area contributed by atoms with E-state index >= 15 is 0 Å². The molecule has 0 saturated heterocycles. The van der Waals surface area contributed by atoms with Gasteiger partial charge in [-0.05, 0) is 36.0 Å². The molecule has 1 fully saturated rings. The Hall–Kier alpha value is -1.60. The molecule has 3 heteroatoms. The lowest BCUT2D eigenvalue weighted by molar-refractivity contribution is 0.406.